The average molecular weight is 360 g/mol. The predicted molar refractivity (Wildman–Crippen MR) is 94.2 cm³/mol. The highest BCUT2D eigenvalue weighted by Crippen LogP contribution is 2.19. The third kappa shape index (κ3) is 3.69. The summed E-state index contributed by atoms with van der Waals surface area (Å²) in [6, 6.07) is 8.37. The molecule has 1 amide bonds. The van der Waals surface area contributed by atoms with Gasteiger partial charge in [-0.2, -0.15) is 9.90 Å². The standard InChI is InChI=1S/C16H18ClN7O/c1-10(2)23-14(8-9-18-23)19-16(25)11(3)24-21-15(20-22-24)12-4-6-13(17)7-5-12/h4-11H,1-3H3,(H,19,25)/t11-/m1/s1. The molecule has 1 atom stereocenters. The molecule has 0 saturated carbocycles. The van der Waals surface area contributed by atoms with Crippen molar-refractivity contribution in [2.24, 2.45) is 0 Å². The van der Waals surface area contributed by atoms with E-state index in [1.165, 1.54) is 4.80 Å². The fourth-order valence-corrected chi connectivity index (χ4v) is 2.39. The van der Waals surface area contributed by atoms with Crippen LogP contribution in [0.3, 0.4) is 0 Å². The van der Waals surface area contributed by atoms with Crippen LogP contribution in [0, 0.1) is 0 Å². The zero-order chi connectivity index (χ0) is 18.0. The Balaban J connectivity index is 1.74. The number of nitrogens with one attached hydrogen (secondary N) is 1. The summed E-state index contributed by atoms with van der Waals surface area (Å²) >= 11 is 5.88. The lowest BCUT2D eigenvalue weighted by molar-refractivity contribution is -0.119. The van der Waals surface area contributed by atoms with Gasteiger partial charge in [0.25, 0.3) is 5.91 Å². The topological polar surface area (TPSA) is 90.5 Å². The molecule has 2 aromatic heterocycles. The van der Waals surface area contributed by atoms with Crippen LogP contribution in [0.2, 0.25) is 5.02 Å². The third-order valence-electron chi connectivity index (χ3n) is 3.67. The molecule has 0 spiro atoms. The van der Waals surface area contributed by atoms with Gasteiger partial charge in [0.2, 0.25) is 5.82 Å². The highest BCUT2D eigenvalue weighted by molar-refractivity contribution is 6.30. The number of nitrogens with zero attached hydrogens (tertiary/aromatic N) is 6. The van der Waals surface area contributed by atoms with E-state index < -0.39 is 6.04 Å². The van der Waals surface area contributed by atoms with Crippen LogP contribution in [-0.4, -0.2) is 35.9 Å². The van der Waals surface area contributed by atoms with Crippen molar-refractivity contribution in [3.05, 3.63) is 41.6 Å². The van der Waals surface area contributed by atoms with Crippen LogP contribution in [0.15, 0.2) is 36.5 Å². The van der Waals surface area contributed by atoms with Crippen molar-refractivity contribution in [2.75, 3.05) is 5.32 Å². The Bertz CT molecular complexity index is 869. The highest BCUT2D eigenvalue weighted by Gasteiger charge is 2.20. The van der Waals surface area contributed by atoms with Crippen molar-refractivity contribution < 1.29 is 4.79 Å². The number of benzene rings is 1. The summed E-state index contributed by atoms with van der Waals surface area (Å²) in [6.07, 6.45) is 1.65. The van der Waals surface area contributed by atoms with Crippen LogP contribution in [0.5, 0.6) is 0 Å². The summed E-state index contributed by atoms with van der Waals surface area (Å²) in [5, 5.41) is 19.9. The molecule has 3 aromatic rings. The number of rotatable bonds is 5. The number of carbonyl (C=O) groups is 1. The van der Waals surface area contributed by atoms with Crippen molar-refractivity contribution in [1.82, 2.24) is 30.0 Å². The van der Waals surface area contributed by atoms with Gasteiger partial charge in [-0.15, -0.1) is 10.2 Å². The Hall–Kier alpha value is -2.74. The lowest BCUT2D eigenvalue weighted by Gasteiger charge is -2.14. The van der Waals surface area contributed by atoms with E-state index in [1.54, 1.807) is 48.1 Å². The van der Waals surface area contributed by atoms with Gasteiger partial charge < -0.3 is 5.32 Å². The van der Waals surface area contributed by atoms with Gasteiger partial charge in [-0.25, -0.2) is 4.68 Å². The molecule has 0 unspecified atom stereocenters. The van der Waals surface area contributed by atoms with E-state index in [0.29, 0.717) is 16.7 Å². The number of tetrazole rings is 1. The van der Waals surface area contributed by atoms with Gasteiger partial charge in [-0.05, 0) is 50.3 Å². The molecule has 1 aromatic carbocycles. The minimum atomic E-state index is -0.621. The third-order valence-corrected chi connectivity index (χ3v) is 3.92. The van der Waals surface area contributed by atoms with Crippen molar-refractivity contribution >= 4 is 23.3 Å². The van der Waals surface area contributed by atoms with Crippen molar-refractivity contribution in [1.29, 1.82) is 0 Å². The maximum atomic E-state index is 12.5. The van der Waals surface area contributed by atoms with Gasteiger partial charge in [0.15, 0.2) is 0 Å². The van der Waals surface area contributed by atoms with Crippen LogP contribution in [0.1, 0.15) is 32.9 Å². The quantitative estimate of drug-likeness (QED) is 0.756. The summed E-state index contributed by atoms with van der Waals surface area (Å²) in [5.74, 6) is 0.816. The molecule has 0 aliphatic heterocycles. The van der Waals surface area contributed by atoms with Gasteiger partial charge in [0.1, 0.15) is 11.9 Å². The summed E-state index contributed by atoms with van der Waals surface area (Å²) in [7, 11) is 0. The molecule has 0 aliphatic carbocycles. The second kappa shape index (κ2) is 7.02. The number of carbonyl (C=O) groups excluding carboxylic acids is 1. The number of aromatic nitrogens is 6. The fraction of sp³-hybridized carbons (Fsp3) is 0.312. The van der Waals surface area contributed by atoms with Gasteiger partial charge in [-0.1, -0.05) is 11.6 Å². The molecule has 3 rings (SSSR count). The van der Waals surface area contributed by atoms with E-state index in [2.05, 4.69) is 25.8 Å². The summed E-state index contributed by atoms with van der Waals surface area (Å²) in [4.78, 5) is 13.8. The van der Waals surface area contributed by atoms with Gasteiger partial charge in [-0.3, -0.25) is 4.79 Å². The molecule has 0 radical (unpaired) electrons. The Kier molecular flexibility index (Phi) is 4.80. The normalized spacial score (nSPS) is 12.4. The van der Waals surface area contributed by atoms with E-state index in [9.17, 15) is 4.79 Å². The number of anilines is 1. The van der Waals surface area contributed by atoms with E-state index in [4.69, 9.17) is 11.6 Å². The molecule has 8 nitrogen and oxygen atoms in total. The molecular weight excluding hydrogens is 342 g/mol. The number of hydrogen-bond donors (Lipinski definition) is 1. The van der Waals surface area contributed by atoms with Gasteiger partial charge >= 0.3 is 0 Å². The highest BCUT2D eigenvalue weighted by atomic mass is 35.5. The van der Waals surface area contributed by atoms with Crippen LogP contribution < -0.4 is 5.32 Å². The van der Waals surface area contributed by atoms with Gasteiger partial charge in [0.05, 0.1) is 6.20 Å². The Labute approximate surface area is 149 Å². The lowest BCUT2D eigenvalue weighted by Crippen LogP contribution is -2.26. The maximum absolute atomic E-state index is 12.5. The maximum Gasteiger partial charge on any atom is 0.252 e. The first-order valence-corrected chi connectivity index (χ1v) is 8.23. The molecule has 0 aliphatic rings. The largest absolute Gasteiger partial charge is 0.309 e. The Morgan fingerprint density at radius 1 is 1.16 bits per heavy atom. The predicted octanol–water partition coefficient (Wildman–Crippen LogP) is 2.97. The van der Waals surface area contributed by atoms with Crippen LogP contribution in [0.25, 0.3) is 11.4 Å². The molecule has 130 valence electrons. The van der Waals surface area contributed by atoms with E-state index in [1.807, 2.05) is 13.8 Å². The van der Waals surface area contributed by atoms with Crippen LogP contribution in [-0.2, 0) is 4.79 Å². The number of halogens is 1. The molecular formula is C16H18ClN7O. The number of amides is 1. The zero-order valence-electron chi connectivity index (χ0n) is 14.1. The van der Waals surface area contributed by atoms with E-state index >= 15 is 0 Å². The molecule has 0 saturated heterocycles. The smallest absolute Gasteiger partial charge is 0.252 e. The number of hydrogen-bond acceptors (Lipinski definition) is 5. The second-order valence-corrected chi connectivity index (χ2v) is 6.30. The van der Waals surface area contributed by atoms with Crippen LogP contribution in [0.4, 0.5) is 5.82 Å². The average Bonchev–Trinajstić information content (AvgIpc) is 3.24. The first-order chi connectivity index (χ1) is 12.0. The molecule has 0 bridgehead atoms. The monoisotopic (exact) mass is 359 g/mol. The minimum Gasteiger partial charge on any atom is -0.309 e. The SMILES string of the molecule is CC(C)n1nccc1NC(=O)[C@@H](C)n1nnc(-c2ccc(Cl)cc2)n1. The summed E-state index contributed by atoms with van der Waals surface area (Å²) in [5.41, 5.74) is 0.779. The van der Waals surface area contributed by atoms with E-state index in [0.717, 1.165) is 5.56 Å². The first kappa shape index (κ1) is 17.1. The molecule has 25 heavy (non-hydrogen) atoms. The van der Waals surface area contributed by atoms with Crippen molar-refractivity contribution in [3.8, 4) is 11.4 Å². The van der Waals surface area contributed by atoms with Crippen molar-refractivity contribution in [3.63, 3.8) is 0 Å². The molecule has 1 N–H and O–H groups in total. The molecule has 9 heteroatoms. The second-order valence-electron chi connectivity index (χ2n) is 5.86. The Morgan fingerprint density at radius 3 is 2.56 bits per heavy atom. The molecule has 2 heterocycles. The first-order valence-electron chi connectivity index (χ1n) is 7.85. The van der Waals surface area contributed by atoms with Crippen LogP contribution >= 0.6 is 11.6 Å². The fourth-order valence-electron chi connectivity index (χ4n) is 2.26. The van der Waals surface area contributed by atoms with E-state index in [-0.39, 0.29) is 11.9 Å². The summed E-state index contributed by atoms with van der Waals surface area (Å²) < 4.78 is 1.73. The summed E-state index contributed by atoms with van der Waals surface area (Å²) in [6.45, 7) is 5.69. The minimum absolute atomic E-state index is 0.140. The lowest BCUT2D eigenvalue weighted by atomic mass is 10.2. The Morgan fingerprint density at radius 2 is 1.88 bits per heavy atom. The zero-order valence-corrected chi connectivity index (χ0v) is 14.8. The molecule has 0 fully saturated rings. The van der Waals surface area contributed by atoms with Gasteiger partial charge in [0, 0.05) is 22.7 Å². The van der Waals surface area contributed by atoms with Crippen molar-refractivity contribution in [2.45, 2.75) is 32.9 Å².